The maximum Gasteiger partial charge on any atom is 0.226 e. The fraction of sp³-hybridized carbons (Fsp3) is 0.400. The molecule has 2 unspecified atom stereocenters. The van der Waals surface area contributed by atoms with E-state index in [-0.39, 0.29) is 5.91 Å². The third-order valence-corrected chi connectivity index (χ3v) is 5.85. The lowest BCUT2D eigenvalue weighted by Gasteiger charge is -2.27. The van der Waals surface area contributed by atoms with Gasteiger partial charge in [-0.25, -0.2) is 9.97 Å². The first kappa shape index (κ1) is 21.1. The van der Waals surface area contributed by atoms with Crippen molar-refractivity contribution in [1.29, 1.82) is 0 Å². The van der Waals surface area contributed by atoms with Crippen LogP contribution in [0.2, 0.25) is 0 Å². The average Bonchev–Trinajstić information content (AvgIpc) is 3.31. The number of para-hydroxylation sites is 2. The van der Waals surface area contributed by atoms with Crippen molar-refractivity contribution in [3.63, 3.8) is 0 Å². The zero-order chi connectivity index (χ0) is 21.6. The van der Waals surface area contributed by atoms with Crippen LogP contribution in [0, 0.1) is 5.92 Å². The molecule has 0 saturated heterocycles. The molecule has 1 fully saturated rings. The molecule has 1 aromatic carbocycles. The molecule has 162 valence electrons. The minimum absolute atomic E-state index is 0.101. The van der Waals surface area contributed by atoms with Crippen molar-refractivity contribution in [2.24, 2.45) is 5.92 Å². The number of hydrogen-bond donors (Lipinski definition) is 2. The topological polar surface area (TPSA) is 75.6 Å². The molecule has 2 aliphatic rings. The Hall–Kier alpha value is -3.15. The number of carbonyl (C=O) groups excluding carboxylic acids is 1. The van der Waals surface area contributed by atoms with Gasteiger partial charge in [0.1, 0.15) is 5.82 Å². The zero-order valence-corrected chi connectivity index (χ0v) is 18.3. The van der Waals surface area contributed by atoms with E-state index in [0.29, 0.717) is 12.5 Å². The van der Waals surface area contributed by atoms with Gasteiger partial charge in [-0.1, -0.05) is 44.1 Å². The minimum Gasteiger partial charge on any atom is -0.353 e. The Morgan fingerprint density at radius 2 is 2.16 bits per heavy atom. The molecule has 1 amide bonds. The summed E-state index contributed by atoms with van der Waals surface area (Å²) in [6.07, 6.45) is 15.9. The number of hydrogen-bond acceptors (Lipinski definition) is 3. The number of benzene rings is 1. The molecule has 0 bridgehead atoms. The van der Waals surface area contributed by atoms with Crippen molar-refractivity contribution < 1.29 is 4.79 Å². The fourth-order valence-corrected chi connectivity index (χ4v) is 4.34. The number of H-pyrrole nitrogens is 1. The first-order valence-corrected chi connectivity index (χ1v) is 11.2. The van der Waals surface area contributed by atoms with Crippen LogP contribution in [0.4, 0.5) is 0 Å². The third-order valence-electron chi connectivity index (χ3n) is 5.85. The van der Waals surface area contributed by atoms with E-state index in [1.807, 2.05) is 35.0 Å². The number of imidazole rings is 2. The van der Waals surface area contributed by atoms with Crippen LogP contribution in [0.1, 0.15) is 51.0 Å². The van der Waals surface area contributed by atoms with Crippen LogP contribution in [-0.2, 0) is 17.6 Å². The SMILES string of the molecule is CC1=Cn2cc(CC(=O)NC3CCCC(C)C3)nc2CC=C1.c1ccc2[nH]cnc2c1. The average molecular weight is 418 g/mol. The van der Waals surface area contributed by atoms with E-state index in [1.54, 1.807) is 6.33 Å². The van der Waals surface area contributed by atoms with Gasteiger partial charge in [0.05, 0.1) is 29.5 Å². The van der Waals surface area contributed by atoms with Gasteiger partial charge in [-0.2, -0.15) is 0 Å². The largest absolute Gasteiger partial charge is 0.353 e. The van der Waals surface area contributed by atoms with Crippen LogP contribution in [0.3, 0.4) is 0 Å². The number of nitrogens with one attached hydrogen (secondary N) is 2. The Bertz CT molecular complexity index is 1060. The Morgan fingerprint density at radius 1 is 1.29 bits per heavy atom. The lowest BCUT2D eigenvalue weighted by Crippen LogP contribution is -2.38. The van der Waals surface area contributed by atoms with Gasteiger partial charge in [0.25, 0.3) is 0 Å². The molecule has 0 spiro atoms. The summed E-state index contributed by atoms with van der Waals surface area (Å²) in [5, 5.41) is 3.18. The van der Waals surface area contributed by atoms with Gasteiger partial charge in [0.2, 0.25) is 5.91 Å². The van der Waals surface area contributed by atoms with Gasteiger partial charge in [0.15, 0.2) is 0 Å². The molecule has 1 aliphatic carbocycles. The van der Waals surface area contributed by atoms with E-state index in [2.05, 4.69) is 52.5 Å². The molecule has 2 aromatic heterocycles. The van der Waals surface area contributed by atoms with Crippen molar-refractivity contribution in [1.82, 2.24) is 24.8 Å². The van der Waals surface area contributed by atoms with Gasteiger partial charge in [-0.05, 0) is 43.4 Å². The summed E-state index contributed by atoms with van der Waals surface area (Å²) in [6, 6.07) is 8.29. The predicted octanol–water partition coefficient (Wildman–Crippen LogP) is 4.66. The number of carbonyl (C=O) groups is 1. The van der Waals surface area contributed by atoms with Gasteiger partial charge in [0, 0.05) is 24.9 Å². The van der Waals surface area contributed by atoms with Crippen molar-refractivity contribution in [2.75, 3.05) is 0 Å². The summed E-state index contributed by atoms with van der Waals surface area (Å²) in [4.78, 5) is 23.9. The first-order valence-electron chi connectivity index (χ1n) is 11.2. The van der Waals surface area contributed by atoms with Crippen LogP contribution >= 0.6 is 0 Å². The molecule has 1 aliphatic heterocycles. The van der Waals surface area contributed by atoms with Crippen LogP contribution in [0.5, 0.6) is 0 Å². The Balaban J connectivity index is 0.000000212. The summed E-state index contributed by atoms with van der Waals surface area (Å²) in [5.41, 5.74) is 4.18. The normalized spacial score (nSPS) is 20.3. The van der Waals surface area contributed by atoms with Crippen LogP contribution in [-0.4, -0.2) is 31.5 Å². The number of allylic oxidation sites excluding steroid dienone is 3. The smallest absolute Gasteiger partial charge is 0.226 e. The fourth-order valence-electron chi connectivity index (χ4n) is 4.34. The quantitative estimate of drug-likeness (QED) is 0.651. The summed E-state index contributed by atoms with van der Waals surface area (Å²) < 4.78 is 2.04. The summed E-state index contributed by atoms with van der Waals surface area (Å²) >= 11 is 0. The second-order valence-corrected chi connectivity index (χ2v) is 8.67. The molecule has 6 nitrogen and oxygen atoms in total. The maximum atomic E-state index is 12.2. The Kier molecular flexibility index (Phi) is 6.65. The van der Waals surface area contributed by atoms with E-state index in [1.165, 1.54) is 18.4 Å². The van der Waals surface area contributed by atoms with Gasteiger partial charge >= 0.3 is 0 Å². The number of amides is 1. The molecule has 1 saturated carbocycles. The molecule has 31 heavy (non-hydrogen) atoms. The molecular weight excluding hydrogens is 386 g/mol. The standard InChI is InChI=1S/C18H25N3O.C7H6N2/c1-13-5-3-7-15(9-13)20-18(22)10-16-12-21-11-14(2)6-4-8-17(21)19-16;1-2-4-7-6(3-1)8-5-9-7/h4,6,11-13,15H,3,5,7-10H2,1-2H3,(H,20,22);1-5H,(H,8,9). The van der Waals surface area contributed by atoms with E-state index in [0.717, 1.165) is 47.7 Å². The van der Waals surface area contributed by atoms with Crippen molar-refractivity contribution >= 4 is 23.1 Å². The van der Waals surface area contributed by atoms with Gasteiger partial charge < -0.3 is 14.9 Å². The second kappa shape index (κ2) is 9.77. The Labute approximate surface area is 183 Å². The van der Waals surface area contributed by atoms with Crippen LogP contribution in [0.15, 0.2) is 54.5 Å². The highest BCUT2D eigenvalue weighted by Gasteiger charge is 2.21. The first-order chi connectivity index (χ1) is 15.1. The van der Waals surface area contributed by atoms with Crippen molar-refractivity contribution in [2.45, 2.75) is 58.4 Å². The van der Waals surface area contributed by atoms with E-state index < -0.39 is 0 Å². The van der Waals surface area contributed by atoms with Crippen LogP contribution in [0.25, 0.3) is 17.2 Å². The Morgan fingerprint density at radius 3 is 3.00 bits per heavy atom. The minimum atomic E-state index is 0.101. The van der Waals surface area contributed by atoms with E-state index >= 15 is 0 Å². The highest BCUT2D eigenvalue weighted by atomic mass is 16.1. The predicted molar refractivity (Wildman–Crippen MR) is 124 cm³/mol. The maximum absolute atomic E-state index is 12.2. The van der Waals surface area contributed by atoms with E-state index in [4.69, 9.17) is 0 Å². The molecule has 5 rings (SSSR count). The number of rotatable bonds is 3. The molecular formula is C25H31N5O. The van der Waals surface area contributed by atoms with Crippen molar-refractivity contribution in [3.05, 3.63) is 66.0 Å². The van der Waals surface area contributed by atoms with Gasteiger partial charge in [-0.3, -0.25) is 4.79 Å². The molecule has 3 heterocycles. The van der Waals surface area contributed by atoms with E-state index in [9.17, 15) is 4.79 Å². The highest BCUT2D eigenvalue weighted by Crippen LogP contribution is 2.23. The highest BCUT2D eigenvalue weighted by molar-refractivity contribution is 5.78. The monoisotopic (exact) mass is 417 g/mol. The summed E-state index contributed by atoms with van der Waals surface area (Å²) in [5.74, 6) is 1.83. The summed E-state index contributed by atoms with van der Waals surface area (Å²) in [7, 11) is 0. The lowest BCUT2D eigenvalue weighted by atomic mass is 9.87. The second-order valence-electron chi connectivity index (χ2n) is 8.67. The molecule has 0 radical (unpaired) electrons. The number of aromatic amines is 1. The summed E-state index contributed by atoms with van der Waals surface area (Å²) in [6.45, 7) is 4.34. The third kappa shape index (κ3) is 5.72. The lowest BCUT2D eigenvalue weighted by molar-refractivity contribution is -0.121. The number of nitrogens with zero attached hydrogens (tertiary/aromatic N) is 3. The molecule has 3 aromatic rings. The number of fused-ring (bicyclic) bond motifs is 2. The molecule has 2 N–H and O–H groups in total. The molecule has 6 heteroatoms. The van der Waals surface area contributed by atoms with Crippen LogP contribution < -0.4 is 5.32 Å². The van der Waals surface area contributed by atoms with Crippen molar-refractivity contribution in [3.8, 4) is 0 Å². The number of aromatic nitrogens is 4. The van der Waals surface area contributed by atoms with Gasteiger partial charge in [-0.15, -0.1) is 0 Å². The zero-order valence-electron chi connectivity index (χ0n) is 18.3. The molecule has 2 atom stereocenters.